The fourth-order valence-electron chi connectivity index (χ4n) is 3.74. The summed E-state index contributed by atoms with van der Waals surface area (Å²) in [6.07, 6.45) is 6.71. The molecule has 0 aromatic heterocycles. The van der Waals surface area contributed by atoms with Crippen LogP contribution in [-0.2, 0) is 9.53 Å². The van der Waals surface area contributed by atoms with E-state index >= 15 is 0 Å². The van der Waals surface area contributed by atoms with Crippen molar-refractivity contribution in [1.29, 1.82) is 0 Å². The Labute approximate surface area is 97.7 Å². The summed E-state index contributed by atoms with van der Waals surface area (Å²) in [6.45, 7) is 2.27. The third kappa shape index (κ3) is 1.86. The Morgan fingerprint density at radius 3 is 2.75 bits per heavy atom. The van der Waals surface area contributed by atoms with Crippen LogP contribution in [0.15, 0.2) is 0 Å². The molecule has 2 rings (SSSR count). The molecule has 3 nitrogen and oxygen atoms in total. The lowest BCUT2D eigenvalue weighted by Gasteiger charge is -2.50. The molecule has 0 saturated heterocycles. The van der Waals surface area contributed by atoms with Gasteiger partial charge in [0.05, 0.1) is 13.0 Å². The van der Waals surface area contributed by atoms with E-state index in [2.05, 4.69) is 6.92 Å². The third-order valence-corrected chi connectivity index (χ3v) is 4.93. The van der Waals surface area contributed by atoms with Crippen LogP contribution in [-0.4, -0.2) is 19.1 Å². The van der Waals surface area contributed by atoms with Crippen molar-refractivity contribution in [2.75, 3.05) is 7.11 Å². The lowest BCUT2D eigenvalue weighted by atomic mass is 9.56. The summed E-state index contributed by atoms with van der Waals surface area (Å²) in [7, 11) is 1.48. The molecule has 0 bridgehead atoms. The Bertz CT molecular complexity index is 279. The number of fused-ring (bicyclic) bond motifs is 1. The summed E-state index contributed by atoms with van der Waals surface area (Å²) in [4.78, 5) is 11.6. The van der Waals surface area contributed by atoms with Gasteiger partial charge < -0.3 is 10.5 Å². The summed E-state index contributed by atoms with van der Waals surface area (Å²) >= 11 is 0. The first-order chi connectivity index (χ1) is 7.58. The number of methoxy groups -OCH3 is 1. The van der Waals surface area contributed by atoms with E-state index in [-0.39, 0.29) is 23.3 Å². The van der Waals surface area contributed by atoms with Gasteiger partial charge in [-0.05, 0) is 43.4 Å². The van der Waals surface area contributed by atoms with Crippen molar-refractivity contribution in [3.05, 3.63) is 0 Å². The summed E-state index contributed by atoms with van der Waals surface area (Å²) < 4.78 is 4.87. The average molecular weight is 225 g/mol. The van der Waals surface area contributed by atoms with Crippen LogP contribution < -0.4 is 5.73 Å². The largest absolute Gasteiger partial charge is 0.469 e. The van der Waals surface area contributed by atoms with Gasteiger partial charge in [-0.15, -0.1) is 0 Å². The highest BCUT2D eigenvalue weighted by Crippen LogP contribution is 2.51. The SMILES string of the molecule is COC(=O)[C@H]1CC[C@H]2CCC[C@@H](N)[C@@]2(C)C1. The molecular weight excluding hydrogens is 202 g/mol. The molecule has 92 valence electrons. The molecule has 4 atom stereocenters. The van der Waals surface area contributed by atoms with Crippen LogP contribution in [0.1, 0.15) is 45.4 Å². The smallest absolute Gasteiger partial charge is 0.308 e. The quantitative estimate of drug-likeness (QED) is 0.695. The number of esters is 1. The zero-order chi connectivity index (χ0) is 11.8. The maximum atomic E-state index is 11.6. The first-order valence-electron chi connectivity index (χ1n) is 6.41. The molecule has 0 unspecified atom stereocenters. The Kier molecular flexibility index (Phi) is 3.24. The van der Waals surface area contributed by atoms with E-state index < -0.39 is 0 Å². The predicted molar refractivity (Wildman–Crippen MR) is 62.8 cm³/mol. The molecule has 0 aromatic carbocycles. The molecule has 0 aromatic rings. The number of hydrogen-bond donors (Lipinski definition) is 1. The zero-order valence-electron chi connectivity index (χ0n) is 10.4. The van der Waals surface area contributed by atoms with Crippen LogP contribution in [0.2, 0.25) is 0 Å². The van der Waals surface area contributed by atoms with Gasteiger partial charge in [0, 0.05) is 6.04 Å². The van der Waals surface area contributed by atoms with Gasteiger partial charge in [0.15, 0.2) is 0 Å². The fourth-order valence-corrected chi connectivity index (χ4v) is 3.74. The van der Waals surface area contributed by atoms with E-state index in [4.69, 9.17) is 10.5 Å². The number of nitrogens with two attached hydrogens (primary N) is 1. The average Bonchev–Trinajstić information content (AvgIpc) is 2.29. The number of rotatable bonds is 1. The minimum atomic E-state index is -0.0440. The minimum absolute atomic E-state index is 0.0440. The highest BCUT2D eigenvalue weighted by atomic mass is 16.5. The van der Waals surface area contributed by atoms with Gasteiger partial charge in [-0.25, -0.2) is 0 Å². The molecule has 2 aliphatic carbocycles. The number of hydrogen-bond acceptors (Lipinski definition) is 3. The standard InChI is InChI=1S/C13H23NO2/c1-13-8-9(12(15)16-2)6-7-10(13)4-3-5-11(13)14/h9-11H,3-8,14H2,1-2H3/t9-,10+,11+,13-/m0/s1. The summed E-state index contributed by atoms with van der Waals surface area (Å²) in [5.41, 5.74) is 6.44. The third-order valence-electron chi connectivity index (χ3n) is 4.93. The lowest BCUT2D eigenvalue weighted by molar-refractivity contribution is -0.150. The van der Waals surface area contributed by atoms with Gasteiger partial charge >= 0.3 is 5.97 Å². The highest BCUT2D eigenvalue weighted by molar-refractivity contribution is 5.72. The maximum absolute atomic E-state index is 11.6. The van der Waals surface area contributed by atoms with Crippen molar-refractivity contribution in [2.24, 2.45) is 23.0 Å². The second-order valence-electron chi connectivity index (χ2n) is 5.74. The van der Waals surface area contributed by atoms with E-state index in [1.807, 2.05) is 0 Å². The van der Waals surface area contributed by atoms with Crippen LogP contribution in [0.5, 0.6) is 0 Å². The Morgan fingerprint density at radius 1 is 1.31 bits per heavy atom. The zero-order valence-corrected chi connectivity index (χ0v) is 10.4. The van der Waals surface area contributed by atoms with Gasteiger partial charge in [0.1, 0.15) is 0 Å². The normalized spacial score (nSPS) is 43.6. The summed E-state index contributed by atoms with van der Waals surface area (Å²) in [5, 5.41) is 0. The van der Waals surface area contributed by atoms with Gasteiger partial charge in [-0.2, -0.15) is 0 Å². The van der Waals surface area contributed by atoms with Crippen LogP contribution in [0.4, 0.5) is 0 Å². The highest BCUT2D eigenvalue weighted by Gasteiger charge is 2.47. The van der Waals surface area contributed by atoms with Gasteiger partial charge in [0.25, 0.3) is 0 Å². The molecule has 2 saturated carbocycles. The predicted octanol–water partition coefficient (Wildman–Crippen LogP) is 2.09. The molecule has 2 fully saturated rings. The van der Waals surface area contributed by atoms with Crippen LogP contribution >= 0.6 is 0 Å². The van der Waals surface area contributed by atoms with Gasteiger partial charge in [-0.3, -0.25) is 4.79 Å². The van der Waals surface area contributed by atoms with Crippen molar-refractivity contribution < 1.29 is 9.53 Å². The number of carbonyl (C=O) groups is 1. The van der Waals surface area contributed by atoms with E-state index in [1.54, 1.807) is 0 Å². The molecule has 0 spiro atoms. The number of carbonyl (C=O) groups excluding carboxylic acids is 1. The van der Waals surface area contributed by atoms with Crippen molar-refractivity contribution in [3.63, 3.8) is 0 Å². The molecule has 16 heavy (non-hydrogen) atoms. The van der Waals surface area contributed by atoms with Crippen molar-refractivity contribution in [2.45, 2.75) is 51.5 Å². The number of ether oxygens (including phenoxy) is 1. The van der Waals surface area contributed by atoms with Gasteiger partial charge in [-0.1, -0.05) is 13.3 Å². The van der Waals surface area contributed by atoms with E-state index in [0.29, 0.717) is 0 Å². The van der Waals surface area contributed by atoms with Crippen molar-refractivity contribution in [3.8, 4) is 0 Å². The van der Waals surface area contributed by atoms with Crippen LogP contribution in [0, 0.1) is 17.3 Å². The minimum Gasteiger partial charge on any atom is -0.469 e. The van der Waals surface area contributed by atoms with Crippen molar-refractivity contribution >= 4 is 5.97 Å². The Morgan fingerprint density at radius 2 is 2.06 bits per heavy atom. The van der Waals surface area contributed by atoms with Crippen LogP contribution in [0.25, 0.3) is 0 Å². The molecule has 0 amide bonds. The van der Waals surface area contributed by atoms with Crippen LogP contribution in [0.3, 0.4) is 0 Å². The van der Waals surface area contributed by atoms with E-state index in [0.717, 1.165) is 31.6 Å². The lowest BCUT2D eigenvalue weighted by Crippen LogP contribution is -2.51. The molecular formula is C13H23NO2. The van der Waals surface area contributed by atoms with Gasteiger partial charge in [0.2, 0.25) is 0 Å². The Balaban J connectivity index is 2.11. The van der Waals surface area contributed by atoms with Crippen molar-refractivity contribution in [1.82, 2.24) is 0 Å². The monoisotopic (exact) mass is 225 g/mol. The molecule has 2 aliphatic rings. The first-order valence-corrected chi connectivity index (χ1v) is 6.41. The topological polar surface area (TPSA) is 52.3 Å². The fraction of sp³-hybridized carbons (Fsp3) is 0.923. The van der Waals surface area contributed by atoms with E-state index in [9.17, 15) is 4.79 Å². The summed E-state index contributed by atoms with van der Waals surface area (Å²) in [6, 6.07) is 0.263. The molecule has 2 N–H and O–H groups in total. The van der Waals surface area contributed by atoms with E-state index in [1.165, 1.54) is 20.0 Å². The Hall–Kier alpha value is -0.570. The maximum Gasteiger partial charge on any atom is 0.308 e. The molecule has 0 aliphatic heterocycles. The second-order valence-corrected chi connectivity index (χ2v) is 5.74. The molecule has 3 heteroatoms. The molecule has 0 heterocycles. The second kappa shape index (κ2) is 4.36. The first kappa shape index (κ1) is 11.9. The summed E-state index contributed by atoms with van der Waals surface area (Å²) in [5.74, 6) is 0.755. The molecule has 0 radical (unpaired) electrons.